The Labute approximate surface area is 138 Å². The fourth-order valence-electron chi connectivity index (χ4n) is 2.61. The molecule has 5 nitrogen and oxygen atoms in total. The van der Waals surface area contributed by atoms with Crippen LogP contribution in [0.1, 0.15) is 25.3 Å². The van der Waals surface area contributed by atoms with E-state index in [4.69, 9.17) is 5.11 Å². The maximum absolute atomic E-state index is 12.1. The maximum atomic E-state index is 12.1. The number of Topliss-reactive ketones (excluding diaryl/α,β-unsaturated/α-hetero) is 1. The second kappa shape index (κ2) is 7.16. The molecule has 1 aliphatic heterocycles. The van der Waals surface area contributed by atoms with Gasteiger partial charge in [0.25, 0.3) is 0 Å². The molecule has 1 aromatic rings. The van der Waals surface area contributed by atoms with Crippen molar-refractivity contribution in [3.63, 3.8) is 0 Å². The van der Waals surface area contributed by atoms with Crippen LogP contribution in [0.4, 0.5) is 0 Å². The number of hydrogen-bond donors (Lipinski definition) is 2. The van der Waals surface area contributed by atoms with E-state index in [2.05, 4.69) is 11.4 Å². The van der Waals surface area contributed by atoms with Gasteiger partial charge >= 0.3 is 5.97 Å². The number of ketones is 1. The Hall–Kier alpha value is -2.52. The Morgan fingerprint density at radius 2 is 2.00 bits per heavy atom. The second-order valence-electron chi connectivity index (χ2n) is 5.10. The minimum Gasteiger partial charge on any atom is -0.481 e. The Balaban J connectivity index is 2.56. The molecule has 6 heteroatoms. The van der Waals surface area contributed by atoms with Crippen LogP contribution in [-0.2, 0) is 9.59 Å². The molecule has 118 valence electrons. The molecule has 0 aromatic heterocycles. The van der Waals surface area contributed by atoms with Gasteiger partial charge in [0.2, 0.25) is 0 Å². The summed E-state index contributed by atoms with van der Waals surface area (Å²) in [6.07, 6.45) is 0. The third kappa shape index (κ3) is 3.63. The van der Waals surface area contributed by atoms with E-state index in [1.165, 1.54) is 6.92 Å². The topological polar surface area (TPSA) is 90.2 Å². The van der Waals surface area contributed by atoms with E-state index in [0.717, 1.165) is 17.3 Å². The van der Waals surface area contributed by atoms with Crippen molar-refractivity contribution in [1.82, 2.24) is 5.32 Å². The monoisotopic (exact) mass is 328 g/mol. The number of rotatable bonds is 5. The van der Waals surface area contributed by atoms with Gasteiger partial charge < -0.3 is 10.4 Å². The number of aliphatic carboxylic acids is 1. The minimum atomic E-state index is -0.961. The van der Waals surface area contributed by atoms with Crippen molar-refractivity contribution in [1.29, 1.82) is 5.26 Å². The smallest absolute Gasteiger partial charge is 0.313 e. The number of nitriles is 1. The van der Waals surface area contributed by atoms with Crippen LogP contribution in [0, 0.1) is 11.3 Å². The lowest BCUT2D eigenvalue weighted by atomic mass is 9.81. The van der Waals surface area contributed by atoms with Crippen LogP contribution in [0.5, 0.6) is 0 Å². The molecular weight excluding hydrogens is 312 g/mol. The van der Waals surface area contributed by atoms with Gasteiger partial charge in [-0.2, -0.15) is 5.26 Å². The van der Waals surface area contributed by atoms with Gasteiger partial charge in [0.05, 0.1) is 28.3 Å². The molecule has 1 aliphatic rings. The Morgan fingerprint density at radius 3 is 2.52 bits per heavy atom. The molecule has 23 heavy (non-hydrogen) atoms. The first kappa shape index (κ1) is 16.8. The van der Waals surface area contributed by atoms with Crippen LogP contribution in [0.3, 0.4) is 0 Å². The number of thioether (sulfide) groups is 1. The van der Waals surface area contributed by atoms with E-state index < -0.39 is 11.9 Å². The van der Waals surface area contributed by atoms with Crippen LogP contribution in [0.15, 0.2) is 52.2 Å². The number of carbonyl (C=O) groups excluding carboxylic acids is 1. The summed E-state index contributed by atoms with van der Waals surface area (Å²) in [4.78, 5) is 22.9. The van der Waals surface area contributed by atoms with Gasteiger partial charge in [-0.25, -0.2) is 0 Å². The van der Waals surface area contributed by atoms with Crippen molar-refractivity contribution in [3.8, 4) is 6.07 Å². The summed E-state index contributed by atoms with van der Waals surface area (Å²) in [6, 6.07) is 11.4. The van der Waals surface area contributed by atoms with Gasteiger partial charge in [-0.05, 0) is 19.4 Å². The summed E-state index contributed by atoms with van der Waals surface area (Å²) in [7, 11) is 0. The minimum absolute atomic E-state index is 0.112. The highest BCUT2D eigenvalue weighted by Crippen LogP contribution is 2.40. The number of allylic oxidation sites excluding steroid dienone is 3. The van der Waals surface area contributed by atoms with Crippen molar-refractivity contribution in [2.45, 2.75) is 19.8 Å². The van der Waals surface area contributed by atoms with Crippen molar-refractivity contribution >= 4 is 23.5 Å². The van der Waals surface area contributed by atoms with Gasteiger partial charge in [0.1, 0.15) is 0 Å². The third-order valence-electron chi connectivity index (χ3n) is 3.50. The van der Waals surface area contributed by atoms with Gasteiger partial charge in [-0.3, -0.25) is 9.59 Å². The first-order valence-corrected chi connectivity index (χ1v) is 7.96. The van der Waals surface area contributed by atoms with Crippen LogP contribution in [-0.4, -0.2) is 22.6 Å². The molecule has 0 radical (unpaired) electrons. The molecule has 0 fully saturated rings. The molecule has 2 rings (SSSR count). The quantitative estimate of drug-likeness (QED) is 0.864. The predicted molar refractivity (Wildman–Crippen MR) is 88.4 cm³/mol. The standard InChI is InChI=1S/C17H16N2O3S/c1-10-15(11(2)20)16(12-6-4-3-5-7-12)13(8-18)17(19-10)23-9-14(21)22/h3-7,16,19H,9H2,1-2H3,(H,21,22)/t16-/m0/s1. The van der Waals surface area contributed by atoms with Crippen molar-refractivity contribution < 1.29 is 14.7 Å². The molecule has 0 saturated heterocycles. The Kier molecular flexibility index (Phi) is 5.24. The summed E-state index contributed by atoms with van der Waals surface area (Å²) in [5.41, 5.74) is 2.40. The zero-order valence-electron chi connectivity index (χ0n) is 12.8. The molecule has 0 bridgehead atoms. The number of carbonyl (C=O) groups is 2. The van der Waals surface area contributed by atoms with Crippen molar-refractivity contribution in [3.05, 3.63) is 57.8 Å². The molecule has 2 N–H and O–H groups in total. The lowest BCUT2D eigenvalue weighted by molar-refractivity contribution is -0.133. The molecule has 0 aliphatic carbocycles. The molecule has 1 atom stereocenters. The first-order chi connectivity index (χ1) is 11.0. The molecule has 0 spiro atoms. The van der Waals surface area contributed by atoms with E-state index >= 15 is 0 Å². The molecule has 0 unspecified atom stereocenters. The summed E-state index contributed by atoms with van der Waals surface area (Å²) in [5, 5.41) is 22.0. The Bertz CT molecular complexity index is 745. The van der Waals surface area contributed by atoms with Crippen LogP contribution >= 0.6 is 11.8 Å². The lowest BCUT2D eigenvalue weighted by Crippen LogP contribution is -2.27. The highest BCUT2D eigenvalue weighted by Gasteiger charge is 2.32. The zero-order chi connectivity index (χ0) is 17.0. The average Bonchev–Trinajstić information content (AvgIpc) is 2.52. The molecule has 1 aromatic carbocycles. The van der Waals surface area contributed by atoms with E-state index in [9.17, 15) is 14.9 Å². The first-order valence-electron chi connectivity index (χ1n) is 6.98. The second-order valence-corrected chi connectivity index (χ2v) is 6.09. The van der Waals surface area contributed by atoms with Crippen LogP contribution < -0.4 is 5.32 Å². The Morgan fingerprint density at radius 1 is 1.35 bits per heavy atom. The van der Waals surface area contributed by atoms with E-state index in [0.29, 0.717) is 21.9 Å². The summed E-state index contributed by atoms with van der Waals surface area (Å²) < 4.78 is 0. The fraction of sp³-hybridized carbons (Fsp3) is 0.235. The summed E-state index contributed by atoms with van der Waals surface area (Å²) >= 11 is 1.06. The van der Waals surface area contributed by atoms with Gasteiger partial charge in [-0.15, -0.1) is 0 Å². The fourth-order valence-corrected chi connectivity index (χ4v) is 3.42. The average molecular weight is 328 g/mol. The number of nitrogens with zero attached hydrogens (tertiary/aromatic N) is 1. The predicted octanol–water partition coefficient (Wildman–Crippen LogP) is 2.79. The van der Waals surface area contributed by atoms with Crippen molar-refractivity contribution in [2.24, 2.45) is 0 Å². The summed E-state index contributed by atoms with van der Waals surface area (Å²) in [6.45, 7) is 3.24. The molecule has 1 heterocycles. The third-order valence-corrected chi connectivity index (χ3v) is 4.50. The maximum Gasteiger partial charge on any atom is 0.313 e. The largest absolute Gasteiger partial charge is 0.481 e. The number of carboxylic acids is 1. The van der Waals surface area contributed by atoms with Gasteiger partial charge in [-0.1, -0.05) is 42.1 Å². The number of carboxylic acid groups (broad SMARTS) is 1. The normalized spacial score (nSPS) is 17.5. The lowest BCUT2D eigenvalue weighted by Gasteiger charge is -2.29. The van der Waals surface area contributed by atoms with E-state index in [1.54, 1.807) is 6.92 Å². The van der Waals surface area contributed by atoms with E-state index in [1.807, 2.05) is 30.3 Å². The number of dihydropyridines is 1. The summed E-state index contributed by atoms with van der Waals surface area (Å²) in [5.74, 6) is -1.70. The number of benzene rings is 1. The van der Waals surface area contributed by atoms with Crippen LogP contribution in [0.2, 0.25) is 0 Å². The zero-order valence-corrected chi connectivity index (χ0v) is 13.6. The number of hydrogen-bond acceptors (Lipinski definition) is 5. The highest BCUT2D eigenvalue weighted by molar-refractivity contribution is 8.03. The van der Waals surface area contributed by atoms with E-state index in [-0.39, 0.29) is 11.5 Å². The van der Waals surface area contributed by atoms with Crippen LogP contribution in [0.25, 0.3) is 0 Å². The van der Waals surface area contributed by atoms with Crippen molar-refractivity contribution in [2.75, 3.05) is 5.75 Å². The highest BCUT2D eigenvalue weighted by atomic mass is 32.2. The number of nitrogens with one attached hydrogen (secondary N) is 1. The molecule has 0 saturated carbocycles. The SMILES string of the molecule is CC(=O)C1=C(C)NC(SCC(=O)O)=C(C#N)[C@@H]1c1ccccc1. The van der Waals surface area contributed by atoms with Gasteiger partial charge in [0.15, 0.2) is 5.78 Å². The molecule has 0 amide bonds. The van der Waals surface area contributed by atoms with Gasteiger partial charge in [0, 0.05) is 11.3 Å². The molecular formula is C17H16N2O3S.